The molecule has 2 aromatic heterocycles. The van der Waals surface area contributed by atoms with Gasteiger partial charge < -0.3 is 0 Å². The van der Waals surface area contributed by atoms with E-state index in [0.29, 0.717) is 15.9 Å². The molecule has 0 saturated heterocycles. The zero-order chi connectivity index (χ0) is 9.97. The Hall–Kier alpha value is -1.36. The summed E-state index contributed by atoms with van der Waals surface area (Å²) < 4.78 is 13.3. The van der Waals surface area contributed by atoms with E-state index in [1.54, 1.807) is 18.6 Å². The Balaban J connectivity index is 2.53. The van der Waals surface area contributed by atoms with Crippen LogP contribution in [0.1, 0.15) is 0 Å². The molecule has 5 heteroatoms. The van der Waals surface area contributed by atoms with Gasteiger partial charge in [0, 0.05) is 16.9 Å². The topological polar surface area (TPSA) is 38.7 Å². The van der Waals surface area contributed by atoms with Gasteiger partial charge in [-0.1, -0.05) is 0 Å². The summed E-state index contributed by atoms with van der Waals surface area (Å²) in [6.07, 6.45) is 5.85. The van der Waals surface area contributed by atoms with Gasteiger partial charge in [0.25, 0.3) is 0 Å². The molecule has 2 heterocycles. The number of aromatic nitrogens is 3. The van der Waals surface area contributed by atoms with E-state index >= 15 is 0 Å². The van der Waals surface area contributed by atoms with Crippen molar-refractivity contribution in [1.82, 2.24) is 15.0 Å². The minimum atomic E-state index is -0.385. The van der Waals surface area contributed by atoms with E-state index in [2.05, 4.69) is 30.9 Å². The smallest absolute Gasteiger partial charge is 0.142 e. The van der Waals surface area contributed by atoms with Crippen molar-refractivity contribution in [2.75, 3.05) is 0 Å². The van der Waals surface area contributed by atoms with Crippen LogP contribution in [0.15, 0.2) is 35.3 Å². The predicted molar refractivity (Wildman–Crippen MR) is 52.9 cm³/mol. The Bertz CT molecular complexity index is 447. The molecule has 0 atom stereocenters. The third-order valence-electron chi connectivity index (χ3n) is 1.61. The first-order valence-electron chi connectivity index (χ1n) is 3.85. The monoisotopic (exact) mass is 253 g/mol. The number of halogens is 2. The maximum Gasteiger partial charge on any atom is 0.142 e. The van der Waals surface area contributed by atoms with E-state index in [4.69, 9.17) is 0 Å². The van der Waals surface area contributed by atoms with Gasteiger partial charge in [-0.15, -0.1) is 0 Å². The fraction of sp³-hybridized carbons (Fsp3) is 0. The van der Waals surface area contributed by atoms with Crippen LogP contribution >= 0.6 is 15.9 Å². The Morgan fingerprint density at radius 2 is 2.00 bits per heavy atom. The van der Waals surface area contributed by atoms with Crippen LogP contribution in [0.4, 0.5) is 4.39 Å². The second-order valence-corrected chi connectivity index (χ2v) is 3.43. The first-order valence-corrected chi connectivity index (χ1v) is 4.64. The largest absolute Gasteiger partial charge is 0.261 e. The van der Waals surface area contributed by atoms with Crippen molar-refractivity contribution in [3.8, 4) is 11.4 Å². The summed E-state index contributed by atoms with van der Waals surface area (Å²) in [6, 6.07) is 1.34. The third kappa shape index (κ3) is 1.77. The van der Waals surface area contributed by atoms with Gasteiger partial charge in [-0.3, -0.25) is 15.0 Å². The summed E-state index contributed by atoms with van der Waals surface area (Å²) in [4.78, 5) is 11.9. The molecular formula is C9H5BrFN3. The summed E-state index contributed by atoms with van der Waals surface area (Å²) in [6.45, 7) is 0. The molecule has 0 aliphatic carbocycles. The third-order valence-corrected chi connectivity index (χ3v) is 2.22. The molecule has 0 aliphatic heterocycles. The van der Waals surface area contributed by atoms with Crippen molar-refractivity contribution < 1.29 is 4.39 Å². The van der Waals surface area contributed by atoms with Crippen LogP contribution in [0, 0.1) is 5.82 Å². The number of nitrogens with zero attached hydrogens (tertiary/aromatic N) is 3. The van der Waals surface area contributed by atoms with Crippen LogP contribution in [-0.4, -0.2) is 15.0 Å². The van der Waals surface area contributed by atoms with Gasteiger partial charge in [0.15, 0.2) is 0 Å². The van der Waals surface area contributed by atoms with E-state index in [0.717, 1.165) is 6.20 Å². The van der Waals surface area contributed by atoms with Crippen molar-refractivity contribution in [1.29, 1.82) is 0 Å². The second-order valence-electron chi connectivity index (χ2n) is 2.57. The first kappa shape index (κ1) is 9.21. The Kier molecular flexibility index (Phi) is 2.49. The van der Waals surface area contributed by atoms with Crippen molar-refractivity contribution in [2.45, 2.75) is 0 Å². The van der Waals surface area contributed by atoms with Gasteiger partial charge in [0.2, 0.25) is 0 Å². The van der Waals surface area contributed by atoms with Crippen molar-refractivity contribution >= 4 is 15.9 Å². The standard InChI is InChI=1S/C9H5BrFN3/c10-7-3-6(11)4-14-9(7)8-5-12-1-2-13-8/h1-5H. The highest BCUT2D eigenvalue weighted by molar-refractivity contribution is 9.10. The van der Waals surface area contributed by atoms with Crippen LogP contribution in [-0.2, 0) is 0 Å². The molecule has 0 aromatic carbocycles. The lowest BCUT2D eigenvalue weighted by molar-refractivity contribution is 0.620. The zero-order valence-electron chi connectivity index (χ0n) is 6.98. The molecule has 0 unspecified atom stereocenters. The van der Waals surface area contributed by atoms with Gasteiger partial charge in [-0.05, 0) is 22.0 Å². The molecule has 3 nitrogen and oxygen atoms in total. The summed E-state index contributed by atoms with van der Waals surface area (Å²) in [5.74, 6) is -0.385. The summed E-state index contributed by atoms with van der Waals surface area (Å²) in [5, 5.41) is 0. The molecule has 0 N–H and O–H groups in total. The number of hydrogen-bond donors (Lipinski definition) is 0. The molecule has 0 amide bonds. The molecule has 0 bridgehead atoms. The lowest BCUT2D eigenvalue weighted by Crippen LogP contribution is -1.90. The highest BCUT2D eigenvalue weighted by Crippen LogP contribution is 2.23. The van der Waals surface area contributed by atoms with Crippen LogP contribution in [0.5, 0.6) is 0 Å². The molecule has 0 aliphatic rings. The quantitative estimate of drug-likeness (QED) is 0.784. The number of hydrogen-bond acceptors (Lipinski definition) is 3. The van der Waals surface area contributed by atoms with E-state index in [1.165, 1.54) is 6.07 Å². The molecule has 70 valence electrons. The van der Waals surface area contributed by atoms with Gasteiger partial charge in [-0.25, -0.2) is 4.39 Å². The molecule has 0 fully saturated rings. The highest BCUT2D eigenvalue weighted by Gasteiger charge is 2.06. The van der Waals surface area contributed by atoms with E-state index in [1.807, 2.05) is 0 Å². The van der Waals surface area contributed by atoms with Crippen LogP contribution in [0.2, 0.25) is 0 Å². The van der Waals surface area contributed by atoms with Crippen LogP contribution < -0.4 is 0 Å². The number of rotatable bonds is 1. The SMILES string of the molecule is Fc1cnc(-c2cnccn2)c(Br)c1. The average Bonchev–Trinajstić information content (AvgIpc) is 2.19. The molecule has 0 saturated carbocycles. The van der Waals surface area contributed by atoms with E-state index < -0.39 is 0 Å². The van der Waals surface area contributed by atoms with Gasteiger partial charge in [0.1, 0.15) is 17.2 Å². The first-order chi connectivity index (χ1) is 6.77. The minimum Gasteiger partial charge on any atom is -0.261 e. The fourth-order valence-corrected chi connectivity index (χ4v) is 1.55. The maximum absolute atomic E-state index is 12.7. The summed E-state index contributed by atoms with van der Waals surface area (Å²) in [5.41, 5.74) is 1.19. The van der Waals surface area contributed by atoms with Crippen LogP contribution in [0.3, 0.4) is 0 Å². The Morgan fingerprint density at radius 3 is 2.64 bits per heavy atom. The Morgan fingerprint density at radius 1 is 1.14 bits per heavy atom. The average molecular weight is 254 g/mol. The summed E-state index contributed by atoms with van der Waals surface area (Å²) in [7, 11) is 0. The molecule has 0 spiro atoms. The normalized spacial score (nSPS) is 10.1. The van der Waals surface area contributed by atoms with Crippen molar-refractivity contribution in [3.63, 3.8) is 0 Å². The molecule has 2 aromatic rings. The second kappa shape index (κ2) is 3.79. The maximum atomic E-state index is 12.7. The van der Waals surface area contributed by atoms with Gasteiger partial charge >= 0.3 is 0 Å². The predicted octanol–water partition coefficient (Wildman–Crippen LogP) is 2.44. The molecule has 2 rings (SSSR count). The van der Waals surface area contributed by atoms with Crippen molar-refractivity contribution in [2.24, 2.45) is 0 Å². The zero-order valence-corrected chi connectivity index (χ0v) is 8.57. The number of pyridine rings is 1. The van der Waals surface area contributed by atoms with Crippen molar-refractivity contribution in [3.05, 3.63) is 41.1 Å². The van der Waals surface area contributed by atoms with Crippen LogP contribution in [0.25, 0.3) is 11.4 Å². The van der Waals surface area contributed by atoms with Gasteiger partial charge in [-0.2, -0.15) is 0 Å². The lowest BCUT2D eigenvalue weighted by Gasteiger charge is -2.01. The summed E-state index contributed by atoms with van der Waals surface area (Å²) >= 11 is 3.21. The molecule has 0 radical (unpaired) electrons. The van der Waals surface area contributed by atoms with E-state index in [-0.39, 0.29) is 5.82 Å². The highest BCUT2D eigenvalue weighted by atomic mass is 79.9. The lowest BCUT2D eigenvalue weighted by atomic mass is 10.3. The van der Waals surface area contributed by atoms with Gasteiger partial charge in [0.05, 0.1) is 12.4 Å². The fourth-order valence-electron chi connectivity index (χ4n) is 1.02. The molecule has 14 heavy (non-hydrogen) atoms. The Labute approximate surface area is 88.2 Å². The minimum absolute atomic E-state index is 0.385. The van der Waals surface area contributed by atoms with E-state index in [9.17, 15) is 4.39 Å². The molecular weight excluding hydrogens is 249 g/mol.